The number of likely N-dealkylation sites (N-methyl/N-ethyl adjacent to an activating group) is 1. The highest BCUT2D eigenvalue weighted by atomic mass is 16.5. The van der Waals surface area contributed by atoms with Gasteiger partial charge in [-0.05, 0) is 27.0 Å². The third kappa shape index (κ3) is 5.61. The van der Waals surface area contributed by atoms with Crippen molar-refractivity contribution in [3.63, 3.8) is 0 Å². The fourth-order valence-corrected chi connectivity index (χ4v) is 2.42. The summed E-state index contributed by atoms with van der Waals surface area (Å²) in [6.45, 7) is 11.7. The second-order valence-electron chi connectivity index (χ2n) is 5.96. The molecule has 0 unspecified atom stereocenters. The van der Waals surface area contributed by atoms with Crippen molar-refractivity contribution in [1.82, 2.24) is 20.1 Å². The van der Waals surface area contributed by atoms with Gasteiger partial charge in [-0.2, -0.15) is 0 Å². The van der Waals surface area contributed by atoms with Crippen LogP contribution in [0.15, 0.2) is 18.3 Å². The summed E-state index contributed by atoms with van der Waals surface area (Å²) in [5.41, 5.74) is 1.13. The molecule has 0 amide bonds. The fourth-order valence-electron chi connectivity index (χ4n) is 2.42. The van der Waals surface area contributed by atoms with E-state index in [1.165, 1.54) is 26.2 Å². The lowest BCUT2D eigenvalue weighted by atomic mass is 10.2. The zero-order valence-electron chi connectivity index (χ0n) is 13.5. The molecule has 1 aliphatic heterocycles. The summed E-state index contributed by atoms with van der Waals surface area (Å²) in [7, 11) is 2.19. The molecule has 1 N–H and O–H groups in total. The number of nitrogens with zero attached hydrogens (tertiary/aromatic N) is 3. The van der Waals surface area contributed by atoms with Crippen molar-refractivity contribution in [3.8, 4) is 5.88 Å². The van der Waals surface area contributed by atoms with Gasteiger partial charge in [0.15, 0.2) is 0 Å². The van der Waals surface area contributed by atoms with Crippen LogP contribution in [0, 0.1) is 0 Å². The number of pyridine rings is 1. The Morgan fingerprint density at radius 1 is 1.29 bits per heavy atom. The summed E-state index contributed by atoms with van der Waals surface area (Å²) in [5.74, 6) is 0.750. The van der Waals surface area contributed by atoms with Gasteiger partial charge < -0.3 is 15.0 Å². The maximum absolute atomic E-state index is 5.74. The predicted octanol–water partition coefficient (Wildman–Crippen LogP) is 1.21. The van der Waals surface area contributed by atoms with E-state index in [9.17, 15) is 0 Å². The Balaban J connectivity index is 1.71. The third-order valence-electron chi connectivity index (χ3n) is 3.71. The second-order valence-corrected chi connectivity index (χ2v) is 5.96. The molecular formula is C16H28N4O. The van der Waals surface area contributed by atoms with Crippen LogP contribution in [0.2, 0.25) is 0 Å². The van der Waals surface area contributed by atoms with Crippen molar-refractivity contribution in [2.45, 2.75) is 26.5 Å². The molecule has 2 heterocycles. The van der Waals surface area contributed by atoms with Crippen LogP contribution in [0.1, 0.15) is 19.4 Å². The van der Waals surface area contributed by atoms with Gasteiger partial charge in [0, 0.05) is 57.6 Å². The first kappa shape index (κ1) is 16.2. The minimum atomic E-state index is 0.156. The number of ether oxygens (including phenoxy) is 1. The van der Waals surface area contributed by atoms with Gasteiger partial charge in [-0.3, -0.25) is 4.90 Å². The monoisotopic (exact) mass is 292 g/mol. The van der Waals surface area contributed by atoms with Crippen LogP contribution in [-0.2, 0) is 6.54 Å². The second kappa shape index (κ2) is 8.32. The maximum Gasteiger partial charge on any atom is 0.218 e. The molecule has 0 atom stereocenters. The molecule has 1 aromatic heterocycles. The minimum absolute atomic E-state index is 0.156. The molecule has 1 fully saturated rings. The largest absolute Gasteiger partial charge is 0.475 e. The van der Waals surface area contributed by atoms with E-state index < -0.39 is 0 Å². The Morgan fingerprint density at radius 2 is 2.05 bits per heavy atom. The zero-order chi connectivity index (χ0) is 15.1. The third-order valence-corrected chi connectivity index (χ3v) is 3.71. The van der Waals surface area contributed by atoms with E-state index in [-0.39, 0.29) is 6.10 Å². The molecule has 0 aromatic carbocycles. The van der Waals surface area contributed by atoms with Crippen LogP contribution in [0.5, 0.6) is 5.88 Å². The number of rotatable bonds is 7. The summed E-state index contributed by atoms with van der Waals surface area (Å²) in [6.07, 6.45) is 1.94. The fraction of sp³-hybridized carbons (Fsp3) is 0.688. The van der Waals surface area contributed by atoms with E-state index in [4.69, 9.17) is 4.74 Å². The zero-order valence-corrected chi connectivity index (χ0v) is 13.5. The number of hydrogen-bond acceptors (Lipinski definition) is 5. The molecule has 5 heteroatoms. The topological polar surface area (TPSA) is 40.6 Å². The van der Waals surface area contributed by atoms with Crippen LogP contribution in [0.25, 0.3) is 0 Å². The Labute approximate surface area is 128 Å². The SMILES string of the molecule is CC(C)Oc1ncccc1CNCCN1CCN(C)CC1. The number of aromatic nitrogens is 1. The smallest absolute Gasteiger partial charge is 0.218 e. The lowest BCUT2D eigenvalue weighted by Gasteiger charge is -2.32. The molecule has 0 saturated carbocycles. The lowest BCUT2D eigenvalue weighted by Crippen LogP contribution is -2.46. The van der Waals surface area contributed by atoms with Crippen LogP contribution in [-0.4, -0.2) is 67.2 Å². The summed E-state index contributed by atoms with van der Waals surface area (Å²) in [5, 5.41) is 3.50. The lowest BCUT2D eigenvalue weighted by molar-refractivity contribution is 0.154. The molecule has 118 valence electrons. The van der Waals surface area contributed by atoms with E-state index >= 15 is 0 Å². The van der Waals surface area contributed by atoms with Gasteiger partial charge in [0.1, 0.15) is 0 Å². The van der Waals surface area contributed by atoms with Gasteiger partial charge in [0.05, 0.1) is 6.10 Å². The van der Waals surface area contributed by atoms with Gasteiger partial charge in [0.25, 0.3) is 0 Å². The van der Waals surface area contributed by atoms with Gasteiger partial charge >= 0.3 is 0 Å². The normalized spacial score (nSPS) is 17.3. The summed E-state index contributed by atoms with van der Waals surface area (Å²) in [6, 6.07) is 4.04. The van der Waals surface area contributed by atoms with Crippen LogP contribution in [0.3, 0.4) is 0 Å². The van der Waals surface area contributed by atoms with Crippen LogP contribution in [0.4, 0.5) is 0 Å². The molecule has 5 nitrogen and oxygen atoms in total. The van der Waals surface area contributed by atoms with Gasteiger partial charge in [0.2, 0.25) is 5.88 Å². The molecule has 0 spiro atoms. The molecule has 0 bridgehead atoms. The first-order chi connectivity index (χ1) is 10.1. The average Bonchev–Trinajstić information content (AvgIpc) is 2.46. The molecule has 1 saturated heterocycles. The van der Waals surface area contributed by atoms with Crippen LogP contribution < -0.4 is 10.1 Å². The van der Waals surface area contributed by atoms with Gasteiger partial charge in [-0.1, -0.05) is 6.07 Å². The van der Waals surface area contributed by atoms with Crippen molar-refractivity contribution < 1.29 is 4.74 Å². The Bertz CT molecular complexity index is 416. The molecule has 1 aromatic rings. The van der Waals surface area contributed by atoms with Gasteiger partial charge in [-0.25, -0.2) is 4.98 Å². The quantitative estimate of drug-likeness (QED) is 0.765. The Hall–Kier alpha value is -1.17. The molecule has 0 aliphatic carbocycles. The highest BCUT2D eigenvalue weighted by molar-refractivity contribution is 5.25. The maximum atomic E-state index is 5.74. The standard InChI is InChI=1S/C16H28N4O/c1-14(2)21-16-15(5-4-6-18-16)13-17-7-8-20-11-9-19(3)10-12-20/h4-6,14,17H,7-13H2,1-3H3. The molecule has 2 rings (SSSR count). The molecule has 21 heavy (non-hydrogen) atoms. The Kier molecular flexibility index (Phi) is 6.42. The van der Waals surface area contributed by atoms with Crippen molar-refractivity contribution in [2.24, 2.45) is 0 Å². The highest BCUT2D eigenvalue weighted by Gasteiger charge is 2.13. The number of nitrogens with one attached hydrogen (secondary N) is 1. The first-order valence-corrected chi connectivity index (χ1v) is 7.87. The Morgan fingerprint density at radius 3 is 2.76 bits per heavy atom. The first-order valence-electron chi connectivity index (χ1n) is 7.87. The molecular weight excluding hydrogens is 264 g/mol. The summed E-state index contributed by atoms with van der Waals surface area (Å²) < 4.78 is 5.74. The van der Waals surface area contributed by atoms with E-state index in [0.717, 1.165) is 31.1 Å². The summed E-state index contributed by atoms with van der Waals surface area (Å²) >= 11 is 0. The predicted molar refractivity (Wildman–Crippen MR) is 85.6 cm³/mol. The van der Waals surface area contributed by atoms with Crippen molar-refractivity contribution >= 4 is 0 Å². The average molecular weight is 292 g/mol. The number of hydrogen-bond donors (Lipinski definition) is 1. The van der Waals surface area contributed by atoms with Crippen molar-refractivity contribution in [3.05, 3.63) is 23.9 Å². The van der Waals surface area contributed by atoms with Gasteiger partial charge in [-0.15, -0.1) is 0 Å². The van der Waals surface area contributed by atoms with E-state index in [0.29, 0.717) is 0 Å². The van der Waals surface area contributed by atoms with E-state index in [2.05, 4.69) is 33.2 Å². The summed E-state index contributed by atoms with van der Waals surface area (Å²) in [4.78, 5) is 9.22. The van der Waals surface area contributed by atoms with Crippen LogP contribution >= 0.6 is 0 Å². The highest BCUT2D eigenvalue weighted by Crippen LogP contribution is 2.15. The van der Waals surface area contributed by atoms with Crippen molar-refractivity contribution in [2.75, 3.05) is 46.3 Å². The minimum Gasteiger partial charge on any atom is -0.475 e. The number of piperazine rings is 1. The molecule has 0 radical (unpaired) electrons. The van der Waals surface area contributed by atoms with E-state index in [1.54, 1.807) is 6.20 Å². The van der Waals surface area contributed by atoms with Crippen molar-refractivity contribution in [1.29, 1.82) is 0 Å². The van der Waals surface area contributed by atoms with E-state index in [1.807, 2.05) is 19.9 Å². The molecule has 1 aliphatic rings.